The average molecular weight is 432 g/mol. The molecule has 2 heterocycles. The van der Waals surface area contributed by atoms with Crippen LogP contribution in [-0.2, 0) is 0 Å². The lowest BCUT2D eigenvalue weighted by Crippen LogP contribution is -2.21. The minimum atomic E-state index is -4.63. The molecule has 0 saturated heterocycles. The van der Waals surface area contributed by atoms with Gasteiger partial charge in [-0.1, -0.05) is 17.7 Å². The van der Waals surface area contributed by atoms with Crippen molar-refractivity contribution in [2.24, 2.45) is 15.7 Å². The summed E-state index contributed by atoms with van der Waals surface area (Å²) < 4.78 is 54.4. The Hall–Kier alpha value is -3.56. The topological polar surface area (TPSA) is 80.9 Å². The van der Waals surface area contributed by atoms with Gasteiger partial charge in [-0.15, -0.1) is 5.10 Å². The number of nitrogens with two attached hydrogens (primary N) is 1. The molecule has 2 aromatic heterocycles. The minimum Gasteiger partial charge on any atom is -0.384 e. The molecule has 0 spiro atoms. The lowest BCUT2D eigenvalue weighted by molar-refractivity contribution is -0.0595. The van der Waals surface area contributed by atoms with E-state index in [1.165, 1.54) is 16.6 Å². The van der Waals surface area contributed by atoms with E-state index in [1.54, 1.807) is 24.4 Å². The monoisotopic (exact) mass is 432 g/mol. The van der Waals surface area contributed by atoms with Gasteiger partial charge in [-0.05, 0) is 56.7 Å². The van der Waals surface area contributed by atoms with Gasteiger partial charge in [0.2, 0.25) is 0 Å². The largest absolute Gasteiger partial charge is 0.428 e. The highest BCUT2D eigenvalue weighted by molar-refractivity contribution is 5.94. The molecule has 3 aromatic rings. The molecule has 0 aliphatic heterocycles. The molecule has 1 aromatic carbocycles. The maximum Gasteiger partial charge on any atom is 0.428 e. The molecule has 1 unspecified atom stereocenters. The molecule has 0 radical (unpaired) electrons. The second-order valence-corrected chi connectivity index (χ2v) is 7.06. The van der Waals surface area contributed by atoms with E-state index in [1.807, 2.05) is 13.8 Å². The van der Waals surface area contributed by atoms with Crippen LogP contribution >= 0.6 is 0 Å². The summed E-state index contributed by atoms with van der Waals surface area (Å²) in [7, 11) is 0. The first-order chi connectivity index (χ1) is 14.5. The van der Waals surface area contributed by atoms with Crippen molar-refractivity contribution in [2.45, 2.75) is 33.0 Å². The molecule has 1 atom stereocenters. The Morgan fingerprint density at radius 3 is 2.42 bits per heavy atom. The van der Waals surface area contributed by atoms with Gasteiger partial charge in [0, 0.05) is 6.20 Å². The molecule has 10 heteroatoms. The first-order valence-corrected chi connectivity index (χ1v) is 9.26. The maximum atomic E-state index is 13.4. The van der Waals surface area contributed by atoms with Gasteiger partial charge < -0.3 is 5.73 Å². The number of hydrogen-bond donors (Lipinski definition) is 1. The van der Waals surface area contributed by atoms with Gasteiger partial charge in [0.15, 0.2) is 11.6 Å². The number of halogens is 4. The first-order valence-electron chi connectivity index (χ1n) is 9.26. The molecule has 0 saturated carbocycles. The summed E-state index contributed by atoms with van der Waals surface area (Å²) >= 11 is 0. The van der Waals surface area contributed by atoms with Crippen LogP contribution in [0.2, 0.25) is 0 Å². The van der Waals surface area contributed by atoms with Gasteiger partial charge >= 0.3 is 6.18 Å². The van der Waals surface area contributed by atoms with Crippen molar-refractivity contribution in [1.82, 2.24) is 14.6 Å². The molecule has 6 nitrogen and oxygen atoms in total. The normalized spacial score (nSPS) is 14.0. The number of hydrogen-bond acceptors (Lipinski definition) is 4. The molecular formula is C21H20F4N6. The number of benzene rings is 1. The van der Waals surface area contributed by atoms with Crippen LogP contribution in [-0.4, -0.2) is 32.3 Å². The number of fused-ring (bicyclic) bond motifs is 1. The molecule has 162 valence electrons. The Morgan fingerprint density at radius 1 is 1.13 bits per heavy atom. The second-order valence-electron chi connectivity index (χ2n) is 7.06. The zero-order valence-electron chi connectivity index (χ0n) is 17.0. The molecule has 0 fully saturated rings. The van der Waals surface area contributed by atoms with Gasteiger partial charge in [0.25, 0.3) is 0 Å². The number of rotatable bonds is 5. The summed E-state index contributed by atoms with van der Waals surface area (Å²) in [6.45, 7) is 4.55. The number of amidine groups is 1. The number of allylic oxidation sites excluding steroid dienone is 1. The molecule has 0 amide bonds. The fourth-order valence-corrected chi connectivity index (χ4v) is 2.78. The number of aromatic nitrogens is 3. The van der Waals surface area contributed by atoms with Gasteiger partial charge in [-0.2, -0.15) is 13.2 Å². The van der Waals surface area contributed by atoms with Crippen molar-refractivity contribution in [3.63, 3.8) is 0 Å². The summed E-state index contributed by atoms with van der Waals surface area (Å²) in [5, 5.41) is 4.31. The predicted molar refractivity (Wildman–Crippen MR) is 111 cm³/mol. The summed E-state index contributed by atoms with van der Waals surface area (Å²) in [4.78, 5) is 12.5. The first kappa shape index (κ1) is 22.1. The Morgan fingerprint density at radius 2 is 1.81 bits per heavy atom. The van der Waals surface area contributed by atoms with E-state index in [0.717, 1.165) is 24.6 Å². The highest BCUT2D eigenvalue weighted by Crippen LogP contribution is 2.29. The number of alkyl halides is 3. The Labute approximate surface area is 175 Å². The smallest absolute Gasteiger partial charge is 0.384 e. The van der Waals surface area contributed by atoms with Crippen LogP contribution in [0.15, 0.2) is 64.2 Å². The maximum absolute atomic E-state index is 13.4. The SMILES string of the molecule is CC(C)=CC(N)=Nc1nc(C(N=C(C)C(F)(F)F)c2ccc(F)cc2)nn2cccc12. The lowest BCUT2D eigenvalue weighted by Gasteiger charge is -2.15. The third kappa shape index (κ3) is 5.33. The van der Waals surface area contributed by atoms with Crippen LogP contribution in [0, 0.1) is 5.82 Å². The van der Waals surface area contributed by atoms with Gasteiger partial charge in [-0.3, -0.25) is 4.99 Å². The summed E-state index contributed by atoms with van der Waals surface area (Å²) in [6, 6.07) is 7.14. The quantitative estimate of drug-likeness (QED) is 0.352. The van der Waals surface area contributed by atoms with Crippen LogP contribution < -0.4 is 5.73 Å². The van der Waals surface area contributed by atoms with Crippen LogP contribution in [0.4, 0.5) is 23.4 Å². The number of nitrogens with zero attached hydrogens (tertiary/aromatic N) is 5. The molecule has 3 rings (SSSR count). The fourth-order valence-electron chi connectivity index (χ4n) is 2.78. The highest BCUT2D eigenvalue weighted by Gasteiger charge is 2.33. The minimum absolute atomic E-state index is 0.0392. The lowest BCUT2D eigenvalue weighted by atomic mass is 10.1. The zero-order valence-corrected chi connectivity index (χ0v) is 17.0. The van der Waals surface area contributed by atoms with Crippen molar-refractivity contribution in [2.75, 3.05) is 0 Å². The van der Waals surface area contributed by atoms with Crippen LogP contribution in [0.1, 0.15) is 38.2 Å². The second kappa shape index (κ2) is 8.66. The third-order valence-electron chi connectivity index (χ3n) is 4.22. The molecule has 0 bridgehead atoms. The van der Waals surface area contributed by atoms with Gasteiger partial charge in [0.1, 0.15) is 28.9 Å². The Bertz CT molecular complexity index is 1170. The highest BCUT2D eigenvalue weighted by atomic mass is 19.4. The van der Waals surface area contributed by atoms with E-state index >= 15 is 0 Å². The Balaban J connectivity index is 2.22. The van der Waals surface area contributed by atoms with Gasteiger partial charge in [-0.25, -0.2) is 18.9 Å². The van der Waals surface area contributed by atoms with Crippen molar-refractivity contribution < 1.29 is 17.6 Å². The van der Waals surface area contributed by atoms with Crippen molar-refractivity contribution in [1.29, 1.82) is 0 Å². The third-order valence-corrected chi connectivity index (χ3v) is 4.22. The Kier molecular flexibility index (Phi) is 6.19. The van der Waals surface area contributed by atoms with Crippen LogP contribution in [0.3, 0.4) is 0 Å². The van der Waals surface area contributed by atoms with E-state index in [2.05, 4.69) is 20.1 Å². The van der Waals surface area contributed by atoms with Crippen molar-refractivity contribution in [3.8, 4) is 0 Å². The van der Waals surface area contributed by atoms with Crippen LogP contribution in [0.5, 0.6) is 0 Å². The molecule has 0 aliphatic carbocycles. The summed E-state index contributed by atoms with van der Waals surface area (Å²) in [5.41, 5.74) is 6.61. The predicted octanol–water partition coefficient (Wildman–Crippen LogP) is 4.94. The van der Waals surface area contributed by atoms with E-state index < -0.39 is 23.7 Å². The van der Waals surface area contributed by atoms with E-state index in [0.29, 0.717) is 11.1 Å². The summed E-state index contributed by atoms with van der Waals surface area (Å²) in [5.74, 6) is -0.207. The van der Waals surface area contributed by atoms with Gasteiger partial charge in [0.05, 0.1) is 0 Å². The fraction of sp³-hybridized carbons (Fsp3) is 0.238. The van der Waals surface area contributed by atoms with E-state index in [4.69, 9.17) is 5.73 Å². The molecule has 2 N–H and O–H groups in total. The standard InChI is InChI=1S/C21H20F4N6/c1-12(2)11-17(26)28-19-16-5-4-10-31(16)30-20(29-19)18(27-13(3)21(23,24)25)14-6-8-15(22)9-7-14/h4-11,18H,1-3H3,(H2,26,28,29,30). The summed E-state index contributed by atoms with van der Waals surface area (Å²) in [6.07, 6.45) is -1.38. The van der Waals surface area contributed by atoms with Crippen molar-refractivity contribution >= 4 is 22.9 Å². The van der Waals surface area contributed by atoms with E-state index in [-0.39, 0.29) is 17.5 Å². The molecule has 0 aliphatic rings. The average Bonchev–Trinajstić information content (AvgIpc) is 3.14. The van der Waals surface area contributed by atoms with Crippen LogP contribution in [0.25, 0.3) is 5.52 Å². The zero-order chi connectivity index (χ0) is 22.8. The molecule has 31 heavy (non-hydrogen) atoms. The number of aliphatic imine (C=N–C) groups is 2. The molecular weight excluding hydrogens is 412 g/mol. The van der Waals surface area contributed by atoms with Crippen molar-refractivity contribution in [3.05, 3.63) is 71.4 Å². The van der Waals surface area contributed by atoms with E-state index in [9.17, 15) is 17.6 Å².